The summed E-state index contributed by atoms with van der Waals surface area (Å²) >= 11 is 0. The van der Waals surface area contributed by atoms with E-state index in [9.17, 15) is 0 Å². The summed E-state index contributed by atoms with van der Waals surface area (Å²) in [4.78, 5) is 8.74. The Kier molecular flexibility index (Phi) is 3.66. The fourth-order valence-corrected chi connectivity index (χ4v) is 1.54. The Hall–Kier alpha value is -1.12. The van der Waals surface area contributed by atoms with Crippen LogP contribution in [-0.2, 0) is 12.8 Å². The first-order valence-corrected chi connectivity index (χ1v) is 5.53. The van der Waals surface area contributed by atoms with Gasteiger partial charge in [-0.15, -0.1) is 0 Å². The molecule has 1 rings (SSSR count). The molecule has 1 aromatic rings. The minimum absolute atomic E-state index is 0.240. The fourth-order valence-electron chi connectivity index (χ4n) is 1.54. The van der Waals surface area contributed by atoms with E-state index in [-0.39, 0.29) is 5.41 Å². The maximum atomic E-state index is 5.76. The molecule has 15 heavy (non-hydrogen) atoms. The topological polar surface area (TPSA) is 51.8 Å². The Labute approximate surface area is 92.1 Å². The number of anilines is 1. The second kappa shape index (κ2) is 4.60. The van der Waals surface area contributed by atoms with Gasteiger partial charge in [0.25, 0.3) is 0 Å². The van der Waals surface area contributed by atoms with Crippen molar-refractivity contribution in [3.05, 3.63) is 17.6 Å². The molecule has 0 atom stereocenters. The summed E-state index contributed by atoms with van der Waals surface area (Å²) in [5.74, 6) is 1.46. The summed E-state index contributed by atoms with van der Waals surface area (Å²) < 4.78 is 0. The van der Waals surface area contributed by atoms with E-state index in [2.05, 4.69) is 37.7 Å². The second-order valence-corrected chi connectivity index (χ2v) is 5.19. The lowest BCUT2D eigenvalue weighted by atomic mass is 9.90. The molecule has 0 bridgehead atoms. The molecule has 0 radical (unpaired) electrons. The first-order valence-electron chi connectivity index (χ1n) is 5.53. The molecule has 0 saturated carbocycles. The molecular formula is C12H21N3. The summed E-state index contributed by atoms with van der Waals surface area (Å²) in [6.07, 6.45) is 2.90. The molecule has 1 heterocycles. The van der Waals surface area contributed by atoms with Crippen LogP contribution in [0.1, 0.15) is 45.6 Å². The predicted octanol–water partition coefficient (Wildman–Crippen LogP) is 2.60. The van der Waals surface area contributed by atoms with Gasteiger partial charge in [-0.3, -0.25) is 0 Å². The van der Waals surface area contributed by atoms with E-state index >= 15 is 0 Å². The average molecular weight is 207 g/mol. The van der Waals surface area contributed by atoms with Gasteiger partial charge in [-0.25, -0.2) is 9.97 Å². The zero-order valence-corrected chi connectivity index (χ0v) is 10.2. The zero-order chi connectivity index (χ0) is 11.5. The Morgan fingerprint density at radius 3 is 2.47 bits per heavy atom. The monoisotopic (exact) mass is 207 g/mol. The molecule has 0 aliphatic carbocycles. The molecule has 3 nitrogen and oxygen atoms in total. The van der Waals surface area contributed by atoms with Crippen LogP contribution in [0.3, 0.4) is 0 Å². The van der Waals surface area contributed by atoms with Crippen LogP contribution < -0.4 is 5.73 Å². The third kappa shape index (κ3) is 4.28. The molecule has 3 heteroatoms. The lowest BCUT2D eigenvalue weighted by Gasteiger charge is -2.17. The largest absolute Gasteiger partial charge is 0.384 e. The summed E-state index contributed by atoms with van der Waals surface area (Å²) in [6, 6.07) is 1.88. The van der Waals surface area contributed by atoms with E-state index in [0.29, 0.717) is 5.82 Å². The smallest absolute Gasteiger partial charge is 0.130 e. The third-order valence-electron chi connectivity index (χ3n) is 2.03. The lowest BCUT2D eigenvalue weighted by molar-refractivity contribution is 0.405. The van der Waals surface area contributed by atoms with Crippen molar-refractivity contribution in [2.75, 3.05) is 5.73 Å². The number of rotatable bonds is 3. The predicted molar refractivity (Wildman–Crippen MR) is 63.6 cm³/mol. The molecular weight excluding hydrogens is 186 g/mol. The Morgan fingerprint density at radius 1 is 1.27 bits per heavy atom. The molecule has 1 aromatic heterocycles. The molecule has 0 aliphatic rings. The van der Waals surface area contributed by atoms with Crippen molar-refractivity contribution in [1.82, 2.24) is 9.97 Å². The van der Waals surface area contributed by atoms with Crippen LogP contribution in [0.2, 0.25) is 0 Å². The van der Waals surface area contributed by atoms with E-state index in [4.69, 9.17) is 5.73 Å². The van der Waals surface area contributed by atoms with Gasteiger partial charge >= 0.3 is 0 Å². The van der Waals surface area contributed by atoms with Gasteiger partial charge in [0.05, 0.1) is 0 Å². The van der Waals surface area contributed by atoms with Crippen LogP contribution in [0.4, 0.5) is 5.82 Å². The summed E-state index contributed by atoms with van der Waals surface area (Å²) in [6.45, 7) is 8.72. The van der Waals surface area contributed by atoms with Gasteiger partial charge < -0.3 is 5.73 Å². The zero-order valence-electron chi connectivity index (χ0n) is 10.2. The van der Waals surface area contributed by atoms with E-state index in [1.165, 1.54) is 0 Å². The van der Waals surface area contributed by atoms with Crippen LogP contribution in [0.15, 0.2) is 6.07 Å². The van der Waals surface area contributed by atoms with Crippen molar-refractivity contribution in [3.8, 4) is 0 Å². The van der Waals surface area contributed by atoms with Crippen molar-refractivity contribution in [1.29, 1.82) is 0 Å². The summed E-state index contributed by atoms with van der Waals surface area (Å²) in [5, 5.41) is 0. The number of nitrogens with two attached hydrogens (primary N) is 1. The van der Waals surface area contributed by atoms with Gasteiger partial charge in [0, 0.05) is 18.2 Å². The van der Waals surface area contributed by atoms with Gasteiger partial charge in [-0.1, -0.05) is 27.7 Å². The first-order chi connectivity index (χ1) is 6.90. The van der Waals surface area contributed by atoms with Crippen molar-refractivity contribution < 1.29 is 0 Å². The fraction of sp³-hybridized carbons (Fsp3) is 0.667. The Morgan fingerprint density at radius 2 is 1.93 bits per heavy atom. The molecule has 0 aromatic carbocycles. The molecule has 0 amide bonds. The van der Waals surface area contributed by atoms with Gasteiger partial charge in [0.2, 0.25) is 0 Å². The maximum Gasteiger partial charge on any atom is 0.130 e. The van der Waals surface area contributed by atoms with E-state index in [0.717, 1.165) is 30.8 Å². The first kappa shape index (κ1) is 12.0. The summed E-state index contributed by atoms with van der Waals surface area (Å²) in [5.41, 5.74) is 7.05. The number of nitrogens with zero attached hydrogens (tertiary/aromatic N) is 2. The van der Waals surface area contributed by atoms with Crippen LogP contribution in [0, 0.1) is 5.41 Å². The SMILES string of the molecule is CCCc1nc(N)cc(CC(C)(C)C)n1. The third-order valence-corrected chi connectivity index (χ3v) is 2.03. The van der Waals surface area contributed by atoms with E-state index in [1.54, 1.807) is 0 Å². The van der Waals surface area contributed by atoms with Crippen LogP contribution >= 0.6 is 0 Å². The quantitative estimate of drug-likeness (QED) is 0.828. The number of hydrogen-bond acceptors (Lipinski definition) is 3. The maximum absolute atomic E-state index is 5.76. The van der Waals surface area contributed by atoms with Crippen LogP contribution in [0.25, 0.3) is 0 Å². The molecule has 0 fully saturated rings. The van der Waals surface area contributed by atoms with Gasteiger partial charge in [-0.05, 0) is 18.3 Å². The minimum atomic E-state index is 0.240. The highest BCUT2D eigenvalue weighted by molar-refractivity contribution is 5.30. The highest BCUT2D eigenvalue weighted by atomic mass is 14.9. The molecule has 0 aliphatic heterocycles. The Balaban J connectivity index is 2.88. The van der Waals surface area contributed by atoms with Crippen LogP contribution in [0.5, 0.6) is 0 Å². The standard InChI is InChI=1S/C12H21N3/c1-5-6-11-14-9(7-10(13)15-11)8-12(2,3)4/h7H,5-6,8H2,1-4H3,(H2,13,14,15). The van der Waals surface area contributed by atoms with E-state index < -0.39 is 0 Å². The summed E-state index contributed by atoms with van der Waals surface area (Å²) in [7, 11) is 0. The van der Waals surface area contributed by atoms with E-state index in [1.807, 2.05) is 6.07 Å². The average Bonchev–Trinajstić information content (AvgIpc) is 1.99. The molecule has 0 unspecified atom stereocenters. The number of aromatic nitrogens is 2. The van der Waals surface area contributed by atoms with Crippen molar-refractivity contribution >= 4 is 5.82 Å². The minimum Gasteiger partial charge on any atom is -0.384 e. The number of hydrogen-bond donors (Lipinski definition) is 1. The van der Waals surface area contributed by atoms with Gasteiger partial charge in [0.15, 0.2) is 0 Å². The van der Waals surface area contributed by atoms with Gasteiger partial charge in [0.1, 0.15) is 11.6 Å². The number of nitrogen functional groups attached to an aromatic ring is 1. The highest BCUT2D eigenvalue weighted by Crippen LogP contribution is 2.20. The van der Waals surface area contributed by atoms with Gasteiger partial charge in [-0.2, -0.15) is 0 Å². The van der Waals surface area contributed by atoms with Crippen molar-refractivity contribution in [2.45, 2.75) is 47.0 Å². The second-order valence-electron chi connectivity index (χ2n) is 5.19. The highest BCUT2D eigenvalue weighted by Gasteiger charge is 2.13. The number of aryl methyl sites for hydroxylation is 1. The van der Waals surface area contributed by atoms with Crippen LogP contribution in [-0.4, -0.2) is 9.97 Å². The lowest BCUT2D eigenvalue weighted by Crippen LogP contribution is -2.12. The molecule has 0 saturated heterocycles. The molecule has 2 N–H and O–H groups in total. The molecule has 0 spiro atoms. The van der Waals surface area contributed by atoms with Crippen molar-refractivity contribution in [2.24, 2.45) is 5.41 Å². The Bertz CT molecular complexity index is 326. The molecule has 84 valence electrons. The van der Waals surface area contributed by atoms with Crippen molar-refractivity contribution in [3.63, 3.8) is 0 Å². The normalized spacial score (nSPS) is 11.7.